The predicted octanol–water partition coefficient (Wildman–Crippen LogP) is 3.32. The summed E-state index contributed by atoms with van der Waals surface area (Å²) in [5.41, 5.74) is 2.95. The summed E-state index contributed by atoms with van der Waals surface area (Å²) >= 11 is 0. The molecule has 22 heavy (non-hydrogen) atoms. The van der Waals surface area contributed by atoms with Crippen LogP contribution < -0.4 is 14.4 Å². The Morgan fingerprint density at radius 3 is 2.77 bits per heavy atom. The van der Waals surface area contributed by atoms with E-state index in [9.17, 15) is 4.79 Å². The van der Waals surface area contributed by atoms with Gasteiger partial charge in [0, 0.05) is 11.3 Å². The molecule has 0 fully saturated rings. The second-order valence-corrected chi connectivity index (χ2v) is 5.23. The second-order valence-electron chi connectivity index (χ2n) is 5.23. The van der Waals surface area contributed by atoms with Crippen LogP contribution in [0.5, 0.6) is 11.5 Å². The molecule has 0 saturated carbocycles. The summed E-state index contributed by atoms with van der Waals surface area (Å²) in [6.45, 7) is 5.01. The molecule has 3 rings (SSSR count). The molecule has 0 radical (unpaired) electrons. The molecule has 0 unspecified atom stereocenters. The number of hydrogen-bond donors (Lipinski definition) is 0. The minimum atomic E-state index is -0.0482. The van der Waals surface area contributed by atoms with Gasteiger partial charge in [-0.15, -0.1) is 0 Å². The summed E-state index contributed by atoms with van der Waals surface area (Å²) in [5, 5.41) is 0. The molecular formula is C18H19NO3. The number of fused-ring (bicyclic) bond motifs is 1. The second kappa shape index (κ2) is 6.10. The Kier molecular flexibility index (Phi) is 4.00. The van der Waals surface area contributed by atoms with Gasteiger partial charge in [0.1, 0.15) is 0 Å². The number of para-hydroxylation sites is 2. The molecular weight excluding hydrogens is 278 g/mol. The molecule has 1 aliphatic rings. The number of anilines is 1. The highest BCUT2D eigenvalue weighted by atomic mass is 16.5. The molecule has 2 aromatic rings. The fraction of sp³-hybridized carbons (Fsp3) is 0.278. The molecule has 1 amide bonds. The Bertz CT molecular complexity index is 696. The van der Waals surface area contributed by atoms with Gasteiger partial charge in [-0.25, -0.2) is 0 Å². The zero-order valence-corrected chi connectivity index (χ0v) is 12.8. The Labute approximate surface area is 130 Å². The summed E-state index contributed by atoms with van der Waals surface area (Å²) in [4.78, 5) is 14.2. The first-order valence-corrected chi connectivity index (χ1v) is 7.44. The van der Waals surface area contributed by atoms with Crippen LogP contribution in [-0.4, -0.2) is 19.1 Å². The third kappa shape index (κ3) is 2.64. The molecule has 4 heteroatoms. The Hall–Kier alpha value is -2.49. The smallest absolute Gasteiger partial charge is 0.265 e. The molecule has 2 aromatic carbocycles. The van der Waals surface area contributed by atoms with E-state index in [-0.39, 0.29) is 12.5 Å². The molecule has 0 bridgehead atoms. The van der Waals surface area contributed by atoms with Gasteiger partial charge in [0.05, 0.1) is 13.2 Å². The zero-order chi connectivity index (χ0) is 15.5. The summed E-state index contributed by atoms with van der Waals surface area (Å²) < 4.78 is 11.3. The summed E-state index contributed by atoms with van der Waals surface area (Å²) in [7, 11) is 0. The van der Waals surface area contributed by atoms with Crippen molar-refractivity contribution in [3.8, 4) is 11.5 Å². The van der Waals surface area contributed by atoms with Gasteiger partial charge in [-0.3, -0.25) is 4.79 Å². The largest absolute Gasteiger partial charge is 0.490 e. The molecule has 0 aromatic heterocycles. The van der Waals surface area contributed by atoms with Crippen molar-refractivity contribution in [2.45, 2.75) is 20.4 Å². The van der Waals surface area contributed by atoms with E-state index >= 15 is 0 Å². The van der Waals surface area contributed by atoms with Gasteiger partial charge in [0.15, 0.2) is 18.1 Å². The fourth-order valence-corrected chi connectivity index (χ4v) is 2.67. The van der Waals surface area contributed by atoms with Crippen LogP contribution in [0.2, 0.25) is 0 Å². The number of aryl methyl sites for hydroxylation is 1. The number of hydrogen-bond acceptors (Lipinski definition) is 3. The minimum Gasteiger partial charge on any atom is -0.490 e. The lowest BCUT2D eigenvalue weighted by molar-refractivity contribution is -0.120. The molecule has 0 saturated heterocycles. The van der Waals surface area contributed by atoms with Gasteiger partial charge < -0.3 is 14.4 Å². The molecule has 0 aliphatic carbocycles. The van der Waals surface area contributed by atoms with E-state index in [0.29, 0.717) is 24.7 Å². The molecule has 0 atom stereocenters. The van der Waals surface area contributed by atoms with Crippen LogP contribution in [0.3, 0.4) is 0 Å². The number of ether oxygens (including phenoxy) is 2. The number of benzene rings is 2. The summed E-state index contributed by atoms with van der Waals surface area (Å²) in [6.07, 6.45) is 0. The van der Waals surface area contributed by atoms with Crippen molar-refractivity contribution in [2.24, 2.45) is 0 Å². The first kappa shape index (κ1) is 14.4. The molecule has 0 N–H and O–H groups in total. The number of nitrogens with zero attached hydrogens (tertiary/aromatic N) is 1. The highest BCUT2D eigenvalue weighted by Crippen LogP contribution is 2.35. The van der Waals surface area contributed by atoms with Gasteiger partial charge in [-0.05, 0) is 31.5 Å². The zero-order valence-electron chi connectivity index (χ0n) is 12.8. The third-order valence-corrected chi connectivity index (χ3v) is 3.74. The lowest BCUT2D eigenvalue weighted by Gasteiger charge is -2.22. The van der Waals surface area contributed by atoms with Crippen molar-refractivity contribution in [3.05, 3.63) is 53.6 Å². The Morgan fingerprint density at radius 1 is 1.18 bits per heavy atom. The number of amides is 1. The van der Waals surface area contributed by atoms with Gasteiger partial charge in [0.2, 0.25) is 0 Å². The van der Waals surface area contributed by atoms with Gasteiger partial charge >= 0.3 is 0 Å². The van der Waals surface area contributed by atoms with Gasteiger partial charge in [0.25, 0.3) is 5.91 Å². The quantitative estimate of drug-likeness (QED) is 0.872. The standard InChI is InChI=1S/C18H19NO3/c1-3-21-16-10-6-8-14-11-19(17(20)12-22-18(14)16)15-9-5-4-7-13(15)2/h4-10H,3,11-12H2,1-2H3. The van der Waals surface area contributed by atoms with Crippen LogP contribution in [0.15, 0.2) is 42.5 Å². The molecule has 1 heterocycles. The molecule has 114 valence electrons. The van der Waals surface area contributed by atoms with E-state index in [1.54, 1.807) is 4.90 Å². The van der Waals surface area contributed by atoms with Crippen molar-refractivity contribution in [1.29, 1.82) is 0 Å². The Morgan fingerprint density at radius 2 is 2.00 bits per heavy atom. The SMILES string of the molecule is CCOc1cccc2c1OCC(=O)N(c1ccccc1C)C2. The van der Waals surface area contributed by atoms with Crippen molar-refractivity contribution in [3.63, 3.8) is 0 Å². The van der Waals surface area contributed by atoms with Gasteiger partial charge in [-0.2, -0.15) is 0 Å². The van der Waals surface area contributed by atoms with E-state index < -0.39 is 0 Å². The van der Waals surface area contributed by atoms with Crippen molar-refractivity contribution in [1.82, 2.24) is 0 Å². The maximum atomic E-state index is 12.5. The summed E-state index contributed by atoms with van der Waals surface area (Å²) in [5.74, 6) is 1.32. The number of carbonyl (C=O) groups excluding carboxylic acids is 1. The van der Waals surface area contributed by atoms with Crippen LogP contribution in [0.1, 0.15) is 18.1 Å². The van der Waals surface area contributed by atoms with Crippen LogP contribution in [0, 0.1) is 6.92 Å². The van der Waals surface area contributed by atoms with Crippen LogP contribution in [-0.2, 0) is 11.3 Å². The van der Waals surface area contributed by atoms with E-state index in [1.165, 1.54) is 0 Å². The normalized spacial score (nSPS) is 14.1. The molecule has 0 spiro atoms. The van der Waals surface area contributed by atoms with Crippen LogP contribution in [0.25, 0.3) is 0 Å². The first-order chi connectivity index (χ1) is 10.7. The fourth-order valence-electron chi connectivity index (χ4n) is 2.67. The predicted molar refractivity (Wildman–Crippen MR) is 85.5 cm³/mol. The highest BCUT2D eigenvalue weighted by Gasteiger charge is 2.25. The van der Waals surface area contributed by atoms with E-state index in [1.807, 2.05) is 56.3 Å². The van der Waals surface area contributed by atoms with Crippen molar-refractivity contribution < 1.29 is 14.3 Å². The highest BCUT2D eigenvalue weighted by molar-refractivity contribution is 5.95. The number of rotatable bonds is 3. The van der Waals surface area contributed by atoms with Crippen molar-refractivity contribution >= 4 is 11.6 Å². The monoisotopic (exact) mass is 297 g/mol. The first-order valence-electron chi connectivity index (χ1n) is 7.44. The van der Waals surface area contributed by atoms with Crippen molar-refractivity contribution in [2.75, 3.05) is 18.1 Å². The third-order valence-electron chi connectivity index (χ3n) is 3.74. The van der Waals surface area contributed by atoms with E-state index in [0.717, 1.165) is 16.8 Å². The lowest BCUT2D eigenvalue weighted by atomic mass is 10.1. The van der Waals surface area contributed by atoms with Crippen LogP contribution >= 0.6 is 0 Å². The lowest BCUT2D eigenvalue weighted by Crippen LogP contribution is -2.32. The maximum Gasteiger partial charge on any atom is 0.265 e. The molecule has 4 nitrogen and oxygen atoms in total. The Balaban J connectivity index is 2.01. The van der Waals surface area contributed by atoms with Gasteiger partial charge in [-0.1, -0.05) is 30.3 Å². The van der Waals surface area contributed by atoms with Crippen LogP contribution in [0.4, 0.5) is 5.69 Å². The number of carbonyl (C=O) groups is 1. The van der Waals surface area contributed by atoms with E-state index in [2.05, 4.69) is 0 Å². The molecule has 1 aliphatic heterocycles. The minimum absolute atomic E-state index is 0.0193. The average Bonchev–Trinajstić information content (AvgIpc) is 2.68. The summed E-state index contributed by atoms with van der Waals surface area (Å²) in [6, 6.07) is 13.7. The topological polar surface area (TPSA) is 38.8 Å². The average molecular weight is 297 g/mol. The van der Waals surface area contributed by atoms with E-state index in [4.69, 9.17) is 9.47 Å². The maximum absolute atomic E-state index is 12.5.